The standard InChI is InChI=1S/C8H7F4N.C3H6O.C2H6/c1-13-7-3-2-5(4-6(7)9)8(10,11)12;1-2-3-4;1-2/h2-4,13H,1H3;3H,2H2,1H3;1-2H3. The molecule has 6 heteroatoms. The lowest BCUT2D eigenvalue weighted by Gasteiger charge is -2.08. The summed E-state index contributed by atoms with van der Waals surface area (Å²) in [6, 6.07) is 2.35. The SMILES string of the molecule is CC.CCC=O.CNc1ccc(C(F)(F)F)cc1F. The van der Waals surface area contributed by atoms with Crippen LogP contribution in [0, 0.1) is 5.82 Å². The number of carbonyl (C=O) groups is 1. The Hall–Kier alpha value is -1.59. The number of nitrogens with one attached hydrogen (secondary N) is 1. The van der Waals surface area contributed by atoms with E-state index < -0.39 is 17.6 Å². The van der Waals surface area contributed by atoms with Crippen molar-refractivity contribution in [2.45, 2.75) is 33.4 Å². The molecule has 0 aromatic heterocycles. The van der Waals surface area contributed by atoms with Crippen LogP contribution in [0.5, 0.6) is 0 Å². The van der Waals surface area contributed by atoms with Gasteiger partial charge in [-0.3, -0.25) is 0 Å². The fourth-order valence-electron chi connectivity index (χ4n) is 0.894. The highest BCUT2D eigenvalue weighted by Crippen LogP contribution is 2.31. The quantitative estimate of drug-likeness (QED) is 0.638. The Kier molecular flexibility index (Phi) is 10.7. The molecule has 0 heterocycles. The van der Waals surface area contributed by atoms with Crippen molar-refractivity contribution in [2.75, 3.05) is 12.4 Å². The first-order valence-corrected chi connectivity index (χ1v) is 5.85. The summed E-state index contributed by atoms with van der Waals surface area (Å²) in [5.74, 6) is -0.905. The first kappa shape index (κ1) is 19.7. The second-order valence-electron chi connectivity index (χ2n) is 3.02. The van der Waals surface area contributed by atoms with E-state index in [4.69, 9.17) is 0 Å². The minimum Gasteiger partial charge on any atom is -0.386 e. The van der Waals surface area contributed by atoms with Crippen LogP contribution in [0.25, 0.3) is 0 Å². The molecular formula is C13H19F4NO. The normalized spacial score (nSPS) is 9.47. The Morgan fingerprint density at radius 3 is 2.00 bits per heavy atom. The van der Waals surface area contributed by atoms with E-state index in [1.165, 1.54) is 7.05 Å². The van der Waals surface area contributed by atoms with Gasteiger partial charge in [-0.1, -0.05) is 20.8 Å². The van der Waals surface area contributed by atoms with E-state index in [1.54, 1.807) is 0 Å². The van der Waals surface area contributed by atoms with E-state index in [2.05, 4.69) is 5.32 Å². The highest BCUT2D eigenvalue weighted by Gasteiger charge is 2.30. The molecule has 1 rings (SSSR count). The molecule has 0 bridgehead atoms. The van der Waals surface area contributed by atoms with E-state index in [0.717, 1.165) is 18.4 Å². The lowest BCUT2D eigenvalue weighted by atomic mass is 10.2. The predicted octanol–water partition coefficient (Wildman–Crippen LogP) is 4.51. The monoisotopic (exact) mass is 281 g/mol. The van der Waals surface area contributed by atoms with Crippen molar-refractivity contribution in [1.29, 1.82) is 0 Å². The van der Waals surface area contributed by atoms with Crippen LogP contribution in [0.4, 0.5) is 23.2 Å². The minimum absolute atomic E-state index is 0.0491. The summed E-state index contributed by atoms with van der Waals surface area (Å²) < 4.78 is 48.9. The molecule has 19 heavy (non-hydrogen) atoms. The average Bonchev–Trinajstić information content (AvgIpc) is 2.40. The molecule has 1 aromatic rings. The lowest BCUT2D eigenvalue weighted by Crippen LogP contribution is -2.06. The van der Waals surface area contributed by atoms with Gasteiger partial charge in [-0.05, 0) is 18.2 Å². The maximum atomic E-state index is 12.8. The van der Waals surface area contributed by atoms with Crippen LogP contribution >= 0.6 is 0 Å². The largest absolute Gasteiger partial charge is 0.416 e. The number of hydrogen-bond acceptors (Lipinski definition) is 2. The van der Waals surface area contributed by atoms with Crippen molar-refractivity contribution in [3.05, 3.63) is 29.6 Å². The molecule has 0 fully saturated rings. The number of carbonyl (C=O) groups excluding carboxylic acids is 1. The molecule has 0 amide bonds. The van der Waals surface area contributed by atoms with Gasteiger partial charge in [-0.15, -0.1) is 0 Å². The number of aldehydes is 1. The van der Waals surface area contributed by atoms with Crippen molar-refractivity contribution >= 4 is 12.0 Å². The van der Waals surface area contributed by atoms with Gasteiger partial charge in [0.1, 0.15) is 12.1 Å². The van der Waals surface area contributed by atoms with E-state index in [0.29, 0.717) is 12.5 Å². The Balaban J connectivity index is 0. The second-order valence-corrected chi connectivity index (χ2v) is 3.02. The molecule has 0 saturated carbocycles. The van der Waals surface area contributed by atoms with Crippen molar-refractivity contribution in [3.8, 4) is 0 Å². The number of halogens is 4. The Labute approximate surface area is 110 Å². The van der Waals surface area contributed by atoms with E-state index in [-0.39, 0.29) is 5.69 Å². The number of benzene rings is 1. The van der Waals surface area contributed by atoms with Gasteiger partial charge < -0.3 is 10.1 Å². The van der Waals surface area contributed by atoms with Gasteiger partial charge in [0.25, 0.3) is 0 Å². The summed E-state index contributed by atoms with van der Waals surface area (Å²) in [5.41, 5.74) is -0.933. The van der Waals surface area contributed by atoms with Gasteiger partial charge >= 0.3 is 6.18 Å². The molecule has 0 aliphatic rings. The summed E-state index contributed by atoms with van der Waals surface area (Å²) in [4.78, 5) is 9.17. The fraction of sp³-hybridized carbons (Fsp3) is 0.462. The van der Waals surface area contributed by atoms with E-state index >= 15 is 0 Å². The minimum atomic E-state index is -4.49. The Morgan fingerprint density at radius 1 is 1.26 bits per heavy atom. The third-order valence-electron chi connectivity index (χ3n) is 1.73. The summed E-state index contributed by atoms with van der Waals surface area (Å²) in [6.07, 6.45) is -2.98. The summed E-state index contributed by atoms with van der Waals surface area (Å²) in [6.45, 7) is 5.81. The molecule has 1 N–H and O–H groups in total. The van der Waals surface area contributed by atoms with Crippen LogP contribution in [0.15, 0.2) is 18.2 Å². The zero-order valence-electron chi connectivity index (χ0n) is 11.4. The van der Waals surface area contributed by atoms with Crippen LogP contribution in [0.3, 0.4) is 0 Å². The molecule has 2 nitrogen and oxygen atoms in total. The molecule has 0 atom stereocenters. The Bertz CT molecular complexity index is 364. The van der Waals surface area contributed by atoms with Crippen molar-refractivity contribution < 1.29 is 22.4 Å². The topological polar surface area (TPSA) is 29.1 Å². The van der Waals surface area contributed by atoms with Crippen LogP contribution in [0.1, 0.15) is 32.8 Å². The number of alkyl halides is 3. The van der Waals surface area contributed by atoms with E-state index in [9.17, 15) is 22.4 Å². The molecular weight excluding hydrogens is 262 g/mol. The predicted molar refractivity (Wildman–Crippen MR) is 68.7 cm³/mol. The number of hydrogen-bond donors (Lipinski definition) is 1. The third-order valence-corrected chi connectivity index (χ3v) is 1.73. The molecule has 0 spiro atoms. The zero-order valence-corrected chi connectivity index (χ0v) is 11.4. The first-order valence-electron chi connectivity index (χ1n) is 5.85. The van der Waals surface area contributed by atoms with E-state index in [1.807, 2.05) is 20.8 Å². The van der Waals surface area contributed by atoms with Gasteiger partial charge in [-0.2, -0.15) is 13.2 Å². The molecule has 1 aromatic carbocycles. The van der Waals surface area contributed by atoms with Gasteiger partial charge in [0.05, 0.1) is 11.3 Å². The molecule has 0 unspecified atom stereocenters. The number of anilines is 1. The van der Waals surface area contributed by atoms with Crippen molar-refractivity contribution in [2.24, 2.45) is 0 Å². The lowest BCUT2D eigenvalue weighted by molar-refractivity contribution is -0.137. The molecule has 110 valence electrons. The van der Waals surface area contributed by atoms with Crippen molar-refractivity contribution in [1.82, 2.24) is 0 Å². The van der Waals surface area contributed by atoms with Crippen molar-refractivity contribution in [3.63, 3.8) is 0 Å². The summed E-state index contributed by atoms with van der Waals surface area (Å²) in [5, 5.41) is 2.43. The van der Waals surface area contributed by atoms with Crippen LogP contribution in [-0.2, 0) is 11.0 Å². The van der Waals surface area contributed by atoms with Gasteiger partial charge in [0.15, 0.2) is 0 Å². The maximum absolute atomic E-state index is 12.8. The molecule has 0 saturated heterocycles. The zero-order chi connectivity index (χ0) is 15.5. The average molecular weight is 281 g/mol. The van der Waals surface area contributed by atoms with Gasteiger partial charge in [0, 0.05) is 13.5 Å². The first-order chi connectivity index (χ1) is 8.86. The Morgan fingerprint density at radius 2 is 1.74 bits per heavy atom. The number of rotatable bonds is 2. The van der Waals surface area contributed by atoms with Gasteiger partial charge in [0.2, 0.25) is 0 Å². The smallest absolute Gasteiger partial charge is 0.386 e. The van der Waals surface area contributed by atoms with Gasteiger partial charge in [-0.25, -0.2) is 4.39 Å². The molecule has 0 aliphatic carbocycles. The second kappa shape index (κ2) is 10.3. The summed E-state index contributed by atoms with van der Waals surface area (Å²) >= 11 is 0. The maximum Gasteiger partial charge on any atom is 0.416 e. The molecule has 0 aliphatic heterocycles. The van der Waals surface area contributed by atoms with Crippen LogP contribution < -0.4 is 5.32 Å². The van der Waals surface area contributed by atoms with Crippen LogP contribution in [-0.4, -0.2) is 13.3 Å². The fourth-order valence-corrected chi connectivity index (χ4v) is 0.894. The molecule has 0 radical (unpaired) electrons. The highest BCUT2D eigenvalue weighted by atomic mass is 19.4. The third kappa shape index (κ3) is 8.18. The summed E-state index contributed by atoms with van der Waals surface area (Å²) in [7, 11) is 1.44. The highest BCUT2D eigenvalue weighted by molar-refractivity contribution is 5.48. The van der Waals surface area contributed by atoms with Crippen LogP contribution in [0.2, 0.25) is 0 Å².